The lowest BCUT2D eigenvalue weighted by atomic mass is 10.1. The van der Waals surface area contributed by atoms with E-state index >= 15 is 0 Å². The molecule has 0 saturated heterocycles. The number of aryl methyl sites for hydroxylation is 1. The van der Waals surface area contributed by atoms with Crippen LogP contribution in [0.5, 0.6) is 0 Å². The molecule has 2 aromatic rings. The summed E-state index contributed by atoms with van der Waals surface area (Å²) in [5.74, 6) is -1.06. The van der Waals surface area contributed by atoms with Gasteiger partial charge in [0.25, 0.3) is 0 Å². The average molecular weight is 322 g/mol. The zero-order valence-electron chi connectivity index (χ0n) is 12.0. The predicted octanol–water partition coefficient (Wildman–Crippen LogP) is 0.863. The van der Waals surface area contributed by atoms with E-state index < -0.39 is 28.2 Å². The zero-order valence-corrected chi connectivity index (χ0v) is 12.8. The van der Waals surface area contributed by atoms with E-state index in [9.17, 15) is 18.0 Å². The Morgan fingerprint density at radius 2 is 1.82 bits per heavy atom. The molecule has 0 aliphatic heterocycles. The maximum Gasteiger partial charge on any atom is 0.341 e. The van der Waals surface area contributed by atoms with Crippen molar-refractivity contribution in [3.63, 3.8) is 0 Å². The third kappa shape index (κ3) is 3.79. The minimum atomic E-state index is -3.31. The van der Waals surface area contributed by atoms with Crippen molar-refractivity contribution in [1.82, 2.24) is 9.78 Å². The molecule has 1 aromatic heterocycles. The van der Waals surface area contributed by atoms with Gasteiger partial charge in [-0.2, -0.15) is 5.10 Å². The fourth-order valence-electron chi connectivity index (χ4n) is 1.71. The highest BCUT2D eigenvalue weighted by Gasteiger charge is 2.14. The van der Waals surface area contributed by atoms with E-state index in [1.54, 1.807) is 7.05 Å². The molecule has 0 aliphatic rings. The number of benzene rings is 1. The highest BCUT2D eigenvalue weighted by molar-refractivity contribution is 7.90. The van der Waals surface area contributed by atoms with Gasteiger partial charge in [0.15, 0.2) is 22.2 Å². The molecule has 0 spiro atoms. The van der Waals surface area contributed by atoms with Crippen LogP contribution in [0.4, 0.5) is 0 Å². The third-order valence-corrected chi connectivity index (χ3v) is 4.01. The molecule has 0 amide bonds. The Kier molecular flexibility index (Phi) is 4.41. The van der Waals surface area contributed by atoms with Gasteiger partial charge >= 0.3 is 5.97 Å². The number of nitrogens with zero attached hydrogens (tertiary/aromatic N) is 2. The van der Waals surface area contributed by atoms with Crippen LogP contribution in [0.15, 0.2) is 41.6 Å². The first-order valence-corrected chi connectivity index (χ1v) is 8.15. The van der Waals surface area contributed by atoms with Gasteiger partial charge in [0, 0.05) is 25.1 Å². The Morgan fingerprint density at radius 1 is 1.18 bits per heavy atom. The summed E-state index contributed by atoms with van der Waals surface area (Å²) in [6.07, 6.45) is 3.90. The Hall–Kier alpha value is -2.48. The van der Waals surface area contributed by atoms with Crippen LogP contribution in [0.25, 0.3) is 0 Å². The number of ketones is 1. The van der Waals surface area contributed by atoms with Gasteiger partial charge in [-0.05, 0) is 24.3 Å². The van der Waals surface area contributed by atoms with Crippen LogP contribution in [0, 0.1) is 0 Å². The number of hydrogen-bond acceptors (Lipinski definition) is 6. The summed E-state index contributed by atoms with van der Waals surface area (Å²) in [7, 11) is -1.65. The first kappa shape index (κ1) is 15.9. The molecule has 0 aliphatic carbocycles. The van der Waals surface area contributed by atoms with Crippen molar-refractivity contribution in [3.05, 3.63) is 47.8 Å². The van der Waals surface area contributed by atoms with Crippen molar-refractivity contribution < 1.29 is 22.7 Å². The Bertz CT molecular complexity index is 806. The summed E-state index contributed by atoms with van der Waals surface area (Å²) >= 11 is 0. The molecule has 1 aromatic carbocycles. The van der Waals surface area contributed by atoms with E-state index in [1.165, 1.54) is 41.3 Å². The molecule has 8 heteroatoms. The molecule has 7 nitrogen and oxygen atoms in total. The number of ether oxygens (including phenoxy) is 1. The SMILES string of the molecule is Cn1cc(C(=O)OCC(=O)c2ccc(S(C)(=O)=O)cc2)cn1. The lowest BCUT2D eigenvalue weighted by molar-refractivity contribution is 0.0474. The van der Waals surface area contributed by atoms with Crippen molar-refractivity contribution in [2.75, 3.05) is 12.9 Å². The lowest BCUT2D eigenvalue weighted by Gasteiger charge is -2.04. The largest absolute Gasteiger partial charge is 0.454 e. The van der Waals surface area contributed by atoms with E-state index in [4.69, 9.17) is 4.74 Å². The Labute approximate surface area is 127 Å². The summed E-state index contributed by atoms with van der Waals surface area (Å²) in [6, 6.07) is 5.45. The summed E-state index contributed by atoms with van der Waals surface area (Å²) in [5, 5.41) is 3.83. The van der Waals surface area contributed by atoms with Crippen LogP contribution in [0.1, 0.15) is 20.7 Å². The van der Waals surface area contributed by atoms with Crippen LogP contribution >= 0.6 is 0 Å². The standard InChI is InChI=1S/C14H14N2O5S/c1-16-8-11(7-15-16)14(18)21-9-13(17)10-3-5-12(6-4-10)22(2,19)20/h3-8H,9H2,1-2H3. The van der Waals surface area contributed by atoms with E-state index in [-0.39, 0.29) is 16.0 Å². The predicted molar refractivity (Wildman–Crippen MR) is 77.4 cm³/mol. The van der Waals surface area contributed by atoms with Crippen LogP contribution in [0.3, 0.4) is 0 Å². The summed E-state index contributed by atoms with van der Waals surface area (Å²) in [6.45, 7) is -0.425. The maximum absolute atomic E-state index is 11.9. The average Bonchev–Trinajstić information content (AvgIpc) is 2.90. The van der Waals surface area contributed by atoms with Gasteiger partial charge < -0.3 is 4.74 Å². The Balaban J connectivity index is 1.99. The molecule has 0 radical (unpaired) electrons. The second kappa shape index (κ2) is 6.10. The monoisotopic (exact) mass is 322 g/mol. The second-order valence-electron chi connectivity index (χ2n) is 4.70. The van der Waals surface area contributed by atoms with Crippen LogP contribution < -0.4 is 0 Å². The second-order valence-corrected chi connectivity index (χ2v) is 6.71. The number of Topliss-reactive ketones (excluding diaryl/α,β-unsaturated/α-hetero) is 1. The fourth-order valence-corrected chi connectivity index (χ4v) is 2.34. The van der Waals surface area contributed by atoms with Gasteiger partial charge in [-0.25, -0.2) is 13.2 Å². The number of rotatable bonds is 5. The molecule has 0 bridgehead atoms. The fraction of sp³-hybridized carbons (Fsp3) is 0.214. The van der Waals surface area contributed by atoms with Crippen molar-refractivity contribution >= 4 is 21.6 Å². The van der Waals surface area contributed by atoms with E-state index in [2.05, 4.69) is 5.10 Å². The van der Waals surface area contributed by atoms with Crippen LogP contribution in [0.2, 0.25) is 0 Å². The van der Waals surface area contributed by atoms with Gasteiger partial charge in [0.05, 0.1) is 16.7 Å². The number of carbonyl (C=O) groups is 2. The minimum absolute atomic E-state index is 0.122. The normalized spacial score (nSPS) is 11.2. The van der Waals surface area contributed by atoms with Crippen molar-refractivity contribution in [3.8, 4) is 0 Å². The third-order valence-electron chi connectivity index (χ3n) is 2.88. The molecule has 0 fully saturated rings. The molecule has 0 N–H and O–H groups in total. The highest BCUT2D eigenvalue weighted by atomic mass is 32.2. The molecule has 22 heavy (non-hydrogen) atoms. The summed E-state index contributed by atoms with van der Waals surface area (Å²) in [5.41, 5.74) is 0.522. The van der Waals surface area contributed by atoms with E-state index in [0.717, 1.165) is 6.26 Å². The quantitative estimate of drug-likeness (QED) is 0.598. The molecular formula is C14H14N2O5S. The van der Waals surface area contributed by atoms with Crippen molar-refractivity contribution in [1.29, 1.82) is 0 Å². The number of carbonyl (C=O) groups excluding carboxylic acids is 2. The van der Waals surface area contributed by atoms with Crippen LogP contribution in [-0.2, 0) is 21.6 Å². The van der Waals surface area contributed by atoms with Gasteiger partial charge in [-0.3, -0.25) is 9.48 Å². The number of hydrogen-bond donors (Lipinski definition) is 0. The molecule has 0 unspecified atom stereocenters. The first-order valence-electron chi connectivity index (χ1n) is 6.26. The minimum Gasteiger partial charge on any atom is -0.454 e. The molecular weight excluding hydrogens is 308 g/mol. The summed E-state index contributed by atoms with van der Waals surface area (Å²) < 4.78 is 29.0. The van der Waals surface area contributed by atoms with Gasteiger partial charge in [0.2, 0.25) is 0 Å². The van der Waals surface area contributed by atoms with Gasteiger partial charge in [-0.1, -0.05) is 0 Å². The molecule has 0 saturated carbocycles. The maximum atomic E-state index is 11.9. The lowest BCUT2D eigenvalue weighted by Crippen LogP contribution is -2.14. The van der Waals surface area contributed by atoms with E-state index in [0.29, 0.717) is 0 Å². The smallest absolute Gasteiger partial charge is 0.341 e. The topological polar surface area (TPSA) is 95.3 Å². The Morgan fingerprint density at radius 3 is 2.32 bits per heavy atom. The zero-order chi connectivity index (χ0) is 16.3. The van der Waals surface area contributed by atoms with Crippen molar-refractivity contribution in [2.45, 2.75) is 4.90 Å². The molecule has 1 heterocycles. The number of sulfone groups is 1. The van der Waals surface area contributed by atoms with Gasteiger partial charge in [-0.15, -0.1) is 0 Å². The molecule has 116 valence electrons. The first-order chi connectivity index (χ1) is 10.3. The molecule has 0 atom stereocenters. The van der Waals surface area contributed by atoms with E-state index in [1.807, 2.05) is 0 Å². The highest BCUT2D eigenvalue weighted by Crippen LogP contribution is 2.11. The number of aromatic nitrogens is 2. The number of esters is 1. The van der Waals surface area contributed by atoms with Crippen LogP contribution in [-0.4, -0.2) is 42.8 Å². The van der Waals surface area contributed by atoms with Crippen molar-refractivity contribution in [2.24, 2.45) is 7.05 Å². The molecule has 2 rings (SSSR count). The van der Waals surface area contributed by atoms with Gasteiger partial charge in [0.1, 0.15) is 0 Å². The summed E-state index contributed by atoms with van der Waals surface area (Å²) in [4.78, 5) is 23.7.